The van der Waals surface area contributed by atoms with E-state index in [1.807, 2.05) is 19.9 Å². The molecule has 26 heavy (non-hydrogen) atoms. The van der Waals surface area contributed by atoms with Gasteiger partial charge < -0.3 is 20.5 Å². The number of aliphatic hydroxyl groups excluding tert-OH is 1. The van der Waals surface area contributed by atoms with Gasteiger partial charge in [-0.1, -0.05) is 19.9 Å². The predicted molar refractivity (Wildman–Crippen MR) is 105 cm³/mol. The second kappa shape index (κ2) is 11.0. The molecular weight excluding hydrogens is 333 g/mol. The zero-order valence-electron chi connectivity index (χ0n) is 16.7. The zero-order chi connectivity index (χ0) is 19.6. The minimum atomic E-state index is -0.375. The summed E-state index contributed by atoms with van der Waals surface area (Å²) in [6, 6.07) is 4.85. The molecule has 0 fully saturated rings. The van der Waals surface area contributed by atoms with Crippen LogP contribution in [-0.2, 0) is 0 Å². The van der Waals surface area contributed by atoms with Crippen LogP contribution in [0.4, 0.5) is 4.39 Å². The lowest BCUT2D eigenvalue weighted by Crippen LogP contribution is -2.40. The molecule has 1 aromatic rings. The quantitative estimate of drug-likeness (QED) is 0.436. The second-order valence-corrected chi connectivity index (χ2v) is 6.64. The van der Waals surface area contributed by atoms with Crippen molar-refractivity contribution >= 4 is 5.96 Å². The van der Waals surface area contributed by atoms with Crippen LogP contribution in [0.5, 0.6) is 5.75 Å². The van der Waals surface area contributed by atoms with E-state index >= 15 is 0 Å². The van der Waals surface area contributed by atoms with Crippen LogP contribution >= 0.6 is 0 Å². The standard InChI is InChI=1S/C20H34FN3O2/c1-6-20(7-2,11-12-25)14-23-19(22-8-3)24-15(4)16-9-10-18(26-5)17(21)13-16/h9-10,13,15,25H,6-8,11-12,14H2,1-5H3,(H2,22,23,24). The third-order valence-electron chi connectivity index (χ3n) is 5.09. The lowest BCUT2D eigenvalue weighted by Gasteiger charge is -2.30. The summed E-state index contributed by atoms with van der Waals surface area (Å²) in [5, 5.41) is 15.9. The second-order valence-electron chi connectivity index (χ2n) is 6.64. The largest absolute Gasteiger partial charge is 0.494 e. The first-order valence-corrected chi connectivity index (χ1v) is 9.44. The van der Waals surface area contributed by atoms with Crippen molar-refractivity contribution in [2.45, 2.75) is 53.0 Å². The van der Waals surface area contributed by atoms with E-state index in [-0.39, 0.29) is 29.6 Å². The van der Waals surface area contributed by atoms with Crippen LogP contribution in [0.2, 0.25) is 0 Å². The number of halogens is 1. The molecule has 0 saturated carbocycles. The van der Waals surface area contributed by atoms with Crippen LogP contribution in [0.15, 0.2) is 23.2 Å². The SMILES string of the molecule is CCNC(=NCC(CC)(CC)CCO)NC(C)c1ccc(OC)c(F)c1. The van der Waals surface area contributed by atoms with Gasteiger partial charge in [-0.15, -0.1) is 0 Å². The Kier molecular flexibility index (Phi) is 9.41. The summed E-state index contributed by atoms with van der Waals surface area (Å²) >= 11 is 0. The lowest BCUT2D eigenvalue weighted by atomic mass is 9.79. The first-order valence-electron chi connectivity index (χ1n) is 9.44. The first-order chi connectivity index (χ1) is 12.4. The van der Waals surface area contributed by atoms with E-state index in [4.69, 9.17) is 9.73 Å². The van der Waals surface area contributed by atoms with Gasteiger partial charge in [-0.25, -0.2) is 4.39 Å². The van der Waals surface area contributed by atoms with Crippen LogP contribution in [0.25, 0.3) is 0 Å². The summed E-state index contributed by atoms with van der Waals surface area (Å²) in [6.45, 7) is 9.79. The molecule has 6 heteroatoms. The van der Waals surface area contributed by atoms with Gasteiger partial charge in [0.2, 0.25) is 0 Å². The van der Waals surface area contributed by atoms with Crippen molar-refractivity contribution in [2.75, 3.05) is 26.8 Å². The number of ether oxygens (including phenoxy) is 1. The van der Waals surface area contributed by atoms with Crippen molar-refractivity contribution in [3.8, 4) is 5.75 Å². The van der Waals surface area contributed by atoms with Gasteiger partial charge in [-0.05, 0) is 56.2 Å². The Morgan fingerprint density at radius 3 is 2.50 bits per heavy atom. The number of nitrogens with one attached hydrogen (secondary N) is 2. The molecule has 0 aliphatic heterocycles. The number of benzene rings is 1. The van der Waals surface area contributed by atoms with E-state index < -0.39 is 0 Å². The zero-order valence-corrected chi connectivity index (χ0v) is 16.7. The van der Waals surface area contributed by atoms with E-state index in [0.29, 0.717) is 12.5 Å². The predicted octanol–water partition coefficient (Wildman–Crippen LogP) is 3.64. The van der Waals surface area contributed by atoms with Crippen LogP contribution in [0, 0.1) is 11.2 Å². The van der Waals surface area contributed by atoms with Gasteiger partial charge in [0.1, 0.15) is 0 Å². The van der Waals surface area contributed by atoms with E-state index in [2.05, 4.69) is 24.5 Å². The molecular formula is C20H34FN3O2. The van der Waals surface area contributed by atoms with Crippen molar-refractivity contribution < 1.29 is 14.2 Å². The minimum absolute atomic E-state index is 0.00651. The summed E-state index contributed by atoms with van der Waals surface area (Å²) in [7, 11) is 1.45. The highest BCUT2D eigenvalue weighted by Crippen LogP contribution is 2.30. The van der Waals surface area contributed by atoms with Crippen molar-refractivity contribution in [1.29, 1.82) is 0 Å². The normalized spacial score (nSPS) is 13.4. The molecule has 0 radical (unpaired) electrons. The van der Waals surface area contributed by atoms with Gasteiger partial charge in [0.25, 0.3) is 0 Å². The smallest absolute Gasteiger partial charge is 0.191 e. The molecule has 0 bridgehead atoms. The fraction of sp³-hybridized carbons (Fsp3) is 0.650. The first kappa shape index (κ1) is 22.2. The summed E-state index contributed by atoms with van der Waals surface area (Å²) in [5.74, 6) is 0.557. The highest BCUT2D eigenvalue weighted by molar-refractivity contribution is 5.80. The monoisotopic (exact) mass is 367 g/mol. The average molecular weight is 368 g/mol. The summed E-state index contributed by atoms with van der Waals surface area (Å²) in [4.78, 5) is 4.73. The number of hydrogen-bond acceptors (Lipinski definition) is 3. The number of aliphatic hydroxyl groups is 1. The van der Waals surface area contributed by atoms with Crippen LogP contribution < -0.4 is 15.4 Å². The molecule has 5 nitrogen and oxygen atoms in total. The van der Waals surface area contributed by atoms with E-state index in [9.17, 15) is 9.50 Å². The molecule has 0 aliphatic carbocycles. The molecule has 0 saturated heterocycles. The summed E-state index contributed by atoms with van der Waals surface area (Å²) in [6.07, 6.45) is 2.67. The summed E-state index contributed by atoms with van der Waals surface area (Å²) in [5.41, 5.74) is 0.827. The number of methoxy groups -OCH3 is 1. The fourth-order valence-electron chi connectivity index (χ4n) is 2.95. The van der Waals surface area contributed by atoms with Crippen molar-refractivity contribution in [3.05, 3.63) is 29.6 Å². The molecule has 0 aromatic heterocycles. The molecule has 3 N–H and O–H groups in total. The molecule has 1 aromatic carbocycles. The maximum atomic E-state index is 14.0. The van der Waals surface area contributed by atoms with Gasteiger partial charge in [0.15, 0.2) is 17.5 Å². The Morgan fingerprint density at radius 1 is 1.31 bits per heavy atom. The third kappa shape index (κ3) is 6.16. The van der Waals surface area contributed by atoms with Crippen molar-refractivity contribution in [2.24, 2.45) is 10.4 Å². The van der Waals surface area contributed by atoms with E-state index in [0.717, 1.165) is 31.4 Å². The molecule has 0 aliphatic rings. The number of guanidine groups is 1. The van der Waals surface area contributed by atoms with Gasteiger partial charge >= 0.3 is 0 Å². The number of nitrogens with zero attached hydrogens (tertiary/aromatic N) is 1. The Balaban J connectivity index is 2.90. The average Bonchev–Trinajstić information content (AvgIpc) is 2.65. The maximum Gasteiger partial charge on any atom is 0.191 e. The number of hydrogen-bond donors (Lipinski definition) is 3. The molecule has 1 atom stereocenters. The Bertz CT molecular complexity index is 574. The minimum Gasteiger partial charge on any atom is -0.494 e. The fourth-order valence-corrected chi connectivity index (χ4v) is 2.95. The van der Waals surface area contributed by atoms with Crippen molar-refractivity contribution in [1.82, 2.24) is 10.6 Å². The third-order valence-corrected chi connectivity index (χ3v) is 5.09. The van der Waals surface area contributed by atoms with Gasteiger partial charge in [-0.3, -0.25) is 4.99 Å². The molecule has 1 unspecified atom stereocenters. The van der Waals surface area contributed by atoms with Gasteiger partial charge in [0.05, 0.1) is 13.2 Å². The molecule has 148 valence electrons. The topological polar surface area (TPSA) is 65.9 Å². The van der Waals surface area contributed by atoms with Gasteiger partial charge in [0, 0.05) is 19.7 Å². The van der Waals surface area contributed by atoms with E-state index in [1.165, 1.54) is 13.2 Å². The van der Waals surface area contributed by atoms with Crippen molar-refractivity contribution in [3.63, 3.8) is 0 Å². The highest BCUT2D eigenvalue weighted by atomic mass is 19.1. The number of aliphatic imine (C=N–C) groups is 1. The molecule has 0 heterocycles. The Morgan fingerprint density at radius 2 is 2.00 bits per heavy atom. The maximum absolute atomic E-state index is 14.0. The number of rotatable bonds is 10. The van der Waals surface area contributed by atoms with Crippen LogP contribution in [0.1, 0.15) is 58.6 Å². The summed E-state index contributed by atoms with van der Waals surface area (Å²) < 4.78 is 18.9. The Labute approximate surface area is 157 Å². The van der Waals surface area contributed by atoms with Crippen LogP contribution in [0.3, 0.4) is 0 Å². The molecule has 1 rings (SSSR count). The van der Waals surface area contributed by atoms with Crippen LogP contribution in [-0.4, -0.2) is 37.9 Å². The van der Waals surface area contributed by atoms with Gasteiger partial charge in [-0.2, -0.15) is 0 Å². The Hall–Kier alpha value is -1.82. The molecule has 0 amide bonds. The highest BCUT2D eigenvalue weighted by Gasteiger charge is 2.25. The molecule has 0 spiro atoms. The van der Waals surface area contributed by atoms with E-state index in [1.54, 1.807) is 6.07 Å². The lowest BCUT2D eigenvalue weighted by molar-refractivity contribution is 0.175.